The number of nitrogens with zero attached hydrogens (tertiary/aromatic N) is 1. The molecule has 0 fully saturated rings. The van der Waals surface area contributed by atoms with Crippen molar-refractivity contribution in [3.05, 3.63) is 28.6 Å². The van der Waals surface area contributed by atoms with Crippen LogP contribution in [0.1, 0.15) is 73.1 Å². The number of aryl methyl sites for hydroxylation is 1. The van der Waals surface area contributed by atoms with Gasteiger partial charge in [0.05, 0.1) is 0 Å². The highest BCUT2D eigenvalue weighted by Crippen LogP contribution is 2.54. The number of benzene rings is 1. The molecule has 3 heteroatoms. The van der Waals surface area contributed by atoms with Crippen LogP contribution >= 0.6 is 0 Å². The van der Waals surface area contributed by atoms with Crippen LogP contribution in [0.3, 0.4) is 0 Å². The first-order valence-corrected chi connectivity index (χ1v) is 7.98. The molecule has 0 spiro atoms. The third-order valence-electron chi connectivity index (χ3n) is 5.77. The van der Waals surface area contributed by atoms with Crippen LogP contribution in [0.4, 0.5) is 0 Å². The molecule has 1 heterocycles. The van der Waals surface area contributed by atoms with E-state index < -0.39 is 0 Å². The molecule has 3 nitrogen and oxygen atoms in total. The minimum Gasteiger partial charge on any atom is -0.443 e. The third-order valence-corrected chi connectivity index (χ3v) is 5.77. The quantitative estimate of drug-likeness (QED) is 0.727. The van der Waals surface area contributed by atoms with E-state index in [9.17, 15) is 4.79 Å². The fraction of sp³-hybridized carbons (Fsp3) is 0.556. The maximum Gasteiger partial charge on any atom is 0.182 e. The van der Waals surface area contributed by atoms with E-state index in [1.807, 2.05) is 0 Å². The number of carbonyl (C=O) groups is 1. The minimum absolute atomic E-state index is 0.0244. The third kappa shape index (κ3) is 1.60. The Bertz CT molecular complexity index is 730. The Morgan fingerprint density at radius 1 is 1.24 bits per heavy atom. The lowest BCUT2D eigenvalue weighted by atomic mass is 9.62. The predicted molar refractivity (Wildman–Crippen MR) is 81.7 cm³/mol. The molecule has 4 rings (SSSR count). The zero-order valence-electron chi connectivity index (χ0n) is 12.8. The highest BCUT2D eigenvalue weighted by atomic mass is 16.3. The number of hydrogen-bond acceptors (Lipinski definition) is 3. The Balaban J connectivity index is 2.15. The molecule has 2 aliphatic carbocycles. The standard InChI is InChI=1S/C18H21NO2/c1-9-4-5-13-10(2)6-12(7-20)15-11(3)17-18(21-8-19-17)14(9)16(13)15/h7-10,12-13H,4-6H2,1-3H3. The second-order valence-corrected chi connectivity index (χ2v) is 6.94. The second kappa shape index (κ2) is 4.43. The number of aromatic nitrogens is 1. The molecule has 110 valence electrons. The smallest absolute Gasteiger partial charge is 0.182 e. The first-order chi connectivity index (χ1) is 10.1. The van der Waals surface area contributed by atoms with Gasteiger partial charge in [-0.25, -0.2) is 4.98 Å². The summed E-state index contributed by atoms with van der Waals surface area (Å²) in [4.78, 5) is 16.1. The molecule has 0 bridgehead atoms. The fourth-order valence-electron chi connectivity index (χ4n) is 4.76. The average molecular weight is 283 g/mol. The Kier molecular flexibility index (Phi) is 2.75. The average Bonchev–Trinajstić information content (AvgIpc) is 2.95. The molecule has 0 saturated heterocycles. The number of aldehydes is 1. The summed E-state index contributed by atoms with van der Waals surface area (Å²) >= 11 is 0. The molecule has 0 amide bonds. The van der Waals surface area contributed by atoms with Gasteiger partial charge in [-0.05, 0) is 60.6 Å². The fourth-order valence-corrected chi connectivity index (χ4v) is 4.76. The van der Waals surface area contributed by atoms with E-state index in [1.54, 1.807) is 6.39 Å². The van der Waals surface area contributed by atoms with E-state index >= 15 is 0 Å². The van der Waals surface area contributed by atoms with Gasteiger partial charge in [0.15, 0.2) is 12.0 Å². The second-order valence-electron chi connectivity index (χ2n) is 6.94. The van der Waals surface area contributed by atoms with E-state index in [-0.39, 0.29) is 5.92 Å². The van der Waals surface area contributed by atoms with Gasteiger partial charge in [0.2, 0.25) is 0 Å². The van der Waals surface area contributed by atoms with Crippen molar-refractivity contribution in [1.29, 1.82) is 0 Å². The first kappa shape index (κ1) is 13.1. The SMILES string of the molecule is Cc1c2c3c(c4ocnc14)C(C)CCC3C(C)CC2C=O. The lowest BCUT2D eigenvalue weighted by Crippen LogP contribution is -2.29. The maximum absolute atomic E-state index is 11.7. The van der Waals surface area contributed by atoms with Crippen molar-refractivity contribution in [3.63, 3.8) is 0 Å². The Labute approximate surface area is 124 Å². The van der Waals surface area contributed by atoms with Crippen LogP contribution in [-0.2, 0) is 4.79 Å². The van der Waals surface area contributed by atoms with Crippen LogP contribution in [0.5, 0.6) is 0 Å². The van der Waals surface area contributed by atoms with Gasteiger partial charge in [-0.2, -0.15) is 0 Å². The van der Waals surface area contributed by atoms with Gasteiger partial charge in [0.25, 0.3) is 0 Å². The van der Waals surface area contributed by atoms with Crippen molar-refractivity contribution >= 4 is 17.4 Å². The topological polar surface area (TPSA) is 43.1 Å². The predicted octanol–water partition coefficient (Wildman–Crippen LogP) is 4.44. The Hall–Kier alpha value is -1.64. The van der Waals surface area contributed by atoms with Crippen LogP contribution in [-0.4, -0.2) is 11.3 Å². The first-order valence-electron chi connectivity index (χ1n) is 7.98. The van der Waals surface area contributed by atoms with Gasteiger partial charge in [-0.15, -0.1) is 0 Å². The van der Waals surface area contributed by atoms with Crippen LogP contribution < -0.4 is 0 Å². The summed E-state index contributed by atoms with van der Waals surface area (Å²) in [5.41, 5.74) is 7.08. The largest absolute Gasteiger partial charge is 0.443 e. The number of hydrogen-bond donors (Lipinski definition) is 0. The van der Waals surface area contributed by atoms with Gasteiger partial charge < -0.3 is 9.21 Å². The molecule has 0 aliphatic heterocycles. The van der Waals surface area contributed by atoms with Crippen molar-refractivity contribution in [3.8, 4) is 0 Å². The molecule has 1 aromatic heterocycles. The zero-order chi connectivity index (χ0) is 14.7. The minimum atomic E-state index is 0.0244. The summed E-state index contributed by atoms with van der Waals surface area (Å²) in [5.74, 6) is 1.66. The molecule has 0 saturated carbocycles. The van der Waals surface area contributed by atoms with Gasteiger partial charge in [0.1, 0.15) is 11.8 Å². The van der Waals surface area contributed by atoms with Crippen LogP contribution in [0.15, 0.2) is 10.8 Å². The Morgan fingerprint density at radius 3 is 2.81 bits per heavy atom. The normalized spacial score (nSPS) is 31.2. The number of rotatable bonds is 1. The number of oxazole rings is 1. The summed E-state index contributed by atoms with van der Waals surface area (Å²) in [6.45, 7) is 6.67. The van der Waals surface area contributed by atoms with Crippen LogP contribution in [0, 0.1) is 12.8 Å². The molecule has 4 unspecified atom stereocenters. The molecule has 21 heavy (non-hydrogen) atoms. The molecule has 2 aliphatic rings. The highest BCUT2D eigenvalue weighted by Gasteiger charge is 2.40. The van der Waals surface area contributed by atoms with Crippen molar-refractivity contribution in [2.45, 2.75) is 57.8 Å². The van der Waals surface area contributed by atoms with E-state index in [0.717, 1.165) is 29.4 Å². The summed E-state index contributed by atoms with van der Waals surface area (Å²) in [6.07, 6.45) is 6.09. The summed E-state index contributed by atoms with van der Waals surface area (Å²) in [6, 6.07) is 0. The molecular weight excluding hydrogens is 262 g/mol. The van der Waals surface area contributed by atoms with Crippen molar-refractivity contribution in [2.75, 3.05) is 0 Å². The van der Waals surface area contributed by atoms with Crippen molar-refractivity contribution < 1.29 is 9.21 Å². The molecule has 2 aromatic rings. The summed E-state index contributed by atoms with van der Waals surface area (Å²) in [5, 5.41) is 0. The van der Waals surface area contributed by atoms with Gasteiger partial charge >= 0.3 is 0 Å². The lowest BCUT2D eigenvalue weighted by Gasteiger charge is -2.41. The van der Waals surface area contributed by atoms with E-state index in [4.69, 9.17) is 4.42 Å². The summed E-state index contributed by atoms with van der Waals surface area (Å²) in [7, 11) is 0. The molecule has 0 radical (unpaired) electrons. The van der Waals surface area contributed by atoms with Gasteiger partial charge in [0, 0.05) is 11.5 Å². The van der Waals surface area contributed by atoms with Crippen LogP contribution in [0.25, 0.3) is 11.1 Å². The Morgan fingerprint density at radius 2 is 2.05 bits per heavy atom. The van der Waals surface area contributed by atoms with E-state index in [0.29, 0.717) is 17.8 Å². The highest BCUT2D eigenvalue weighted by molar-refractivity contribution is 5.86. The van der Waals surface area contributed by atoms with Gasteiger partial charge in [-0.1, -0.05) is 13.8 Å². The van der Waals surface area contributed by atoms with Gasteiger partial charge in [-0.3, -0.25) is 0 Å². The number of carbonyl (C=O) groups excluding carboxylic acids is 1. The molecule has 0 N–H and O–H groups in total. The van der Waals surface area contributed by atoms with Crippen molar-refractivity contribution in [2.24, 2.45) is 5.92 Å². The monoisotopic (exact) mass is 283 g/mol. The zero-order valence-corrected chi connectivity index (χ0v) is 12.8. The van der Waals surface area contributed by atoms with E-state index in [1.165, 1.54) is 29.5 Å². The lowest BCUT2D eigenvalue weighted by molar-refractivity contribution is -0.109. The van der Waals surface area contributed by atoms with E-state index in [2.05, 4.69) is 25.8 Å². The molecular formula is C18H21NO2. The van der Waals surface area contributed by atoms with Crippen LogP contribution in [0.2, 0.25) is 0 Å². The molecule has 4 atom stereocenters. The van der Waals surface area contributed by atoms with Crippen molar-refractivity contribution in [1.82, 2.24) is 4.98 Å². The maximum atomic E-state index is 11.7. The molecule has 1 aromatic carbocycles. The summed E-state index contributed by atoms with van der Waals surface area (Å²) < 4.78 is 5.74. The number of fused-ring (bicyclic) bond motifs is 2.